The highest BCUT2D eigenvalue weighted by Crippen LogP contribution is 2.12. The third-order valence-corrected chi connectivity index (χ3v) is 4.27. The lowest BCUT2D eigenvalue weighted by Gasteiger charge is -2.08. The van der Waals surface area contributed by atoms with E-state index in [1.54, 1.807) is 50.7 Å². The number of hydrazone groups is 1. The van der Waals surface area contributed by atoms with Gasteiger partial charge in [-0.1, -0.05) is 12.1 Å². The van der Waals surface area contributed by atoms with Gasteiger partial charge in [-0.15, -0.1) is 0 Å². The second-order valence-corrected chi connectivity index (χ2v) is 6.18. The second-order valence-electron chi connectivity index (χ2n) is 6.18. The molecule has 0 radical (unpaired) electrons. The number of hydrogen-bond donors (Lipinski definition) is 1. The van der Waals surface area contributed by atoms with Crippen molar-refractivity contribution >= 4 is 12.1 Å². The summed E-state index contributed by atoms with van der Waals surface area (Å²) in [5.74, 6) is 0.903. The lowest BCUT2D eigenvalue weighted by atomic mass is 10.2. The Morgan fingerprint density at radius 3 is 2.24 bits per heavy atom. The van der Waals surface area contributed by atoms with E-state index in [0.717, 1.165) is 22.6 Å². The number of ether oxygens (including phenoxy) is 2. The van der Waals surface area contributed by atoms with Crippen molar-refractivity contribution < 1.29 is 14.3 Å². The zero-order valence-electron chi connectivity index (χ0n) is 16.2. The Morgan fingerprint density at radius 1 is 1.00 bits per heavy atom. The number of carbonyl (C=O) groups is 1. The number of benzene rings is 2. The summed E-state index contributed by atoms with van der Waals surface area (Å²) in [7, 11) is 3.18. The van der Waals surface area contributed by atoms with Crippen molar-refractivity contribution in [2.75, 3.05) is 14.2 Å². The van der Waals surface area contributed by atoms with Crippen molar-refractivity contribution in [3.63, 3.8) is 0 Å². The number of rotatable bonds is 7. The lowest BCUT2D eigenvalue weighted by molar-refractivity contribution is 0.0953. The van der Waals surface area contributed by atoms with Crippen molar-refractivity contribution in [2.45, 2.75) is 6.54 Å². The number of amides is 1. The number of hydrogen-bond acceptors (Lipinski definition) is 5. The molecule has 3 aromatic rings. The molecular formula is C22H21N3O4. The van der Waals surface area contributed by atoms with Gasteiger partial charge in [0.1, 0.15) is 17.1 Å². The van der Waals surface area contributed by atoms with Crippen LogP contribution in [0.25, 0.3) is 0 Å². The third-order valence-electron chi connectivity index (χ3n) is 4.27. The predicted molar refractivity (Wildman–Crippen MR) is 111 cm³/mol. The average molecular weight is 391 g/mol. The number of nitrogens with one attached hydrogen (secondary N) is 1. The van der Waals surface area contributed by atoms with Crippen LogP contribution in [0.15, 0.2) is 76.8 Å². The smallest absolute Gasteiger partial charge is 0.276 e. The molecule has 7 heteroatoms. The number of aromatic nitrogens is 1. The first-order valence-electron chi connectivity index (χ1n) is 8.90. The lowest BCUT2D eigenvalue weighted by Crippen LogP contribution is -2.30. The summed E-state index contributed by atoms with van der Waals surface area (Å²) in [5, 5.41) is 3.92. The van der Waals surface area contributed by atoms with Crippen LogP contribution in [0.4, 0.5) is 0 Å². The van der Waals surface area contributed by atoms with Crippen molar-refractivity contribution in [3.05, 3.63) is 93.9 Å². The molecule has 1 amide bonds. The van der Waals surface area contributed by atoms with Crippen molar-refractivity contribution in [3.8, 4) is 11.5 Å². The van der Waals surface area contributed by atoms with E-state index >= 15 is 0 Å². The third kappa shape index (κ3) is 5.10. The average Bonchev–Trinajstić information content (AvgIpc) is 2.76. The van der Waals surface area contributed by atoms with E-state index in [4.69, 9.17) is 9.47 Å². The molecule has 0 aliphatic heterocycles. The maximum Gasteiger partial charge on any atom is 0.276 e. The molecular weight excluding hydrogens is 370 g/mol. The van der Waals surface area contributed by atoms with Crippen molar-refractivity contribution in [2.24, 2.45) is 5.10 Å². The molecule has 1 aromatic heterocycles. The van der Waals surface area contributed by atoms with Crippen LogP contribution in [-0.4, -0.2) is 30.9 Å². The first kappa shape index (κ1) is 19.9. The monoisotopic (exact) mass is 391 g/mol. The van der Waals surface area contributed by atoms with Crippen LogP contribution >= 0.6 is 0 Å². The summed E-state index contributed by atoms with van der Waals surface area (Å²) in [6.07, 6.45) is 3.14. The quantitative estimate of drug-likeness (QED) is 0.496. The SMILES string of the molecule is COc1ccc(/C=N\NC(=O)c2cccn(Cc3ccc(OC)cc3)c2=O)cc1. The van der Waals surface area contributed by atoms with Crippen molar-refractivity contribution in [1.29, 1.82) is 0 Å². The summed E-state index contributed by atoms with van der Waals surface area (Å²) in [5.41, 5.74) is 3.73. The van der Waals surface area contributed by atoms with Gasteiger partial charge in [-0.2, -0.15) is 5.10 Å². The maximum atomic E-state index is 12.7. The van der Waals surface area contributed by atoms with Gasteiger partial charge in [-0.3, -0.25) is 9.59 Å². The van der Waals surface area contributed by atoms with Crippen LogP contribution in [0.1, 0.15) is 21.5 Å². The molecule has 0 unspecified atom stereocenters. The molecule has 1 N–H and O–H groups in total. The normalized spacial score (nSPS) is 10.7. The van der Waals surface area contributed by atoms with Gasteiger partial charge in [-0.25, -0.2) is 5.43 Å². The van der Waals surface area contributed by atoms with Crippen LogP contribution in [0.5, 0.6) is 11.5 Å². The van der Waals surface area contributed by atoms with Gasteiger partial charge in [0.2, 0.25) is 0 Å². The van der Waals surface area contributed by atoms with Crippen LogP contribution in [0, 0.1) is 0 Å². The molecule has 0 saturated carbocycles. The van der Waals surface area contributed by atoms with E-state index in [1.165, 1.54) is 16.8 Å². The molecule has 1 heterocycles. The Hall–Kier alpha value is -3.87. The van der Waals surface area contributed by atoms with E-state index in [-0.39, 0.29) is 11.1 Å². The Bertz CT molecular complexity index is 1050. The molecule has 0 aliphatic rings. The van der Waals surface area contributed by atoms with E-state index in [2.05, 4.69) is 10.5 Å². The minimum atomic E-state index is -0.566. The van der Waals surface area contributed by atoms with Crippen LogP contribution in [0.2, 0.25) is 0 Å². The van der Waals surface area contributed by atoms with Crippen molar-refractivity contribution in [1.82, 2.24) is 9.99 Å². The molecule has 0 aliphatic carbocycles. The fourth-order valence-electron chi connectivity index (χ4n) is 2.68. The first-order valence-corrected chi connectivity index (χ1v) is 8.90. The van der Waals surface area contributed by atoms with Gasteiger partial charge in [0.05, 0.1) is 27.0 Å². The van der Waals surface area contributed by atoms with E-state index in [9.17, 15) is 9.59 Å². The molecule has 3 rings (SSSR count). The fraction of sp³-hybridized carbons (Fsp3) is 0.136. The van der Waals surface area contributed by atoms with Gasteiger partial charge in [0.25, 0.3) is 11.5 Å². The Balaban J connectivity index is 1.69. The molecule has 7 nitrogen and oxygen atoms in total. The van der Waals surface area contributed by atoms with Gasteiger partial charge >= 0.3 is 0 Å². The summed E-state index contributed by atoms with van der Waals surface area (Å²) >= 11 is 0. The van der Waals surface area contributed by atoms with Gasteiger partial charge in [0, 0.05) is 6.20 Å². The Morgan fingerprint density at radius 2 is 1.62 bits per heavy atom. The number of methoxy groups -OCH3 is 2. The van der Waals surface area contributed by atoms with E-state index in [0.29, 0.717) is 6.54 Å². The number of nitrogens with zero attached hydrogens (tertiary/aromatic N) is 2. The summed E-state index contributed by atoms with van der Waals surface area (Å²) in [4.78, 5) is 25.0. The van der Waals surface area contributed by atoms with Crippen LogP contribution in [-0.2, 0) is 6.54 Å². The predicted octanol–water partition coefficient (Wildman–Crippen LogP) is 2.68. The molecule has 0 saturated heterocycles. The molecule has 0 atom stereocenters. The van der Waals surface area contributed by atoms with Crippen LogP contribution in [0.3, 0.4) is 0 Å². The summed E-state index contributed by atoms with van der Waals surface area (Å²) in [6.45, 7) is 0.346. The van der Waals surface area contributed by atoms with Crippen LogP contribution < -0.4 is 20.5 Å². The molecule has 148 valence electrons. The summed E-state index contributed by atoms with van der Waals surface area (Å²) < 4.78 is 11.7. The zero-order chi connectivity index (χ0) is 20.6. The number of carbonyl (C=O) groups excluding carboxylic acids is 1. The Labute approximate surface area is 168 Å². The molecule has 0 bridgehead atoms. The summed E-state index contributed by atoms with van der Waals surface area (Å²) in [6, 6.07) is 17.7. The Kier molecular flexibility index (Phi) is 6.42. The highest BCUT2D eigenvalue weighted by atomic mass is 16.5. The topological polar surface area (TPSA) is 81.9 Å². The fourth-order valence-corrected chi connectivity index (χ4v) is 2.68. The van der Waals surface area contributed by atoms with Gasteiger partial charge in [0.15, 0.2) is 0 Å². The zero-order valence-corrected chi connectivity index (χ0v) is 16.2. The molecule has 29 heavy (non-hydrogen) atoms. The van der Waals surface area contributed by atoms with Gasteiger partial charge < -0.3 is 14.0 Å². The second kappa shape index (κ2) is 9.36. The minimum absolute atomic E-state index is 0.0212. The highest BCUT2D eigenvalue weighted by molar-refractivity contribution is 5.94. The largest absolute Gasteiger partial charge is 0.497 e. The van der Waals surface area contributed by atoms with E-state index in [1.807, 2.05) is 24.3 Å². The molecule has 0 spiro atoms. The first-order chi connectivity index (χ1) is 14.1. The molecule has 2 aromatic carbocycles. The highest BCUT2D eigenvalue weighted by Gasteiger charge is 2.11. The minimum Gasteiger partial charge on any atom is -0.497 e. The van der Waals surface area contributed by atoms with Gasteiger partial charge in [-0.05, 0) is 59.7 Å². The molecule has 0 fully saturated rings. The number of pyridine rings is 1. The maximum absolute atomic E-state index is 12.7. The standard InChI is InChI=1S/C22H21N3O4/c1-28-18-9-5-16(6-10-18)14-23-24-21(26)20-4-3-13-25(22(20)27)15-17-7-11-19(29-2)12-8-17/h3-14H,15H2,1-2H3,(H,24,26)/b23-14-. The van der Waals surface area contributed by atoms with E-state index < -0.39 is 5.91 Å².